The quantitative estimate of drug-likeness (QED) is 0.455. The average Bonchev–Trinajstić information content (AvgIpc) is 3.74. The molecule has 38 heavy (non-hydrogen) atoms. The van der Waals surface area contributed by atoms with E-state index in [1.54, 1.807) is 23.0 Å². The van der Waals surface area contributed by atoms with Crippen LogP contribution >= 0.6 is 0 Å². The highest BCUT2D eigenvalue weighted by Crippen LogP contribution is 2.27. The maximum atomic E-state index is 13.7. The van der Waals surface area contributed by atoms with Crippen molar-refractivity contribution in [2.24, 2.45) is 5.92 Å². The minimum Gasteiger partial charge on any atom is -0.358 e. The Morgan fingerprint density at radius 2 is 1.82 bits per heavy atom. The largest absolute Gasteiger partial charge is 0.358 e. The molecule has 2 aromatic carbocycles. The number of nitrogens with one attached hydrogen (secondary N) is 2. The first-order chi connectivity index (χ1) is 18.4. The molecule has 1 aliphatic carbocycles. The van der Waals surface area contributed by atoms with Gasteiger partial charge in [0.1, 0.15) is 0 Å². The van der Waals surface area contributed by atoms with E-state index in [0.29, 0.717) is 17.1 Å². The Kier molecular flexibility index (Phi) is 7.90. The molecule has 2 N–H and O–H groups in total. The number of carbonyl (C=O) groups is 1. The SMILES string of the molecule is Cc1ccc(C(=O)NC2CC2)cc1-n1ccnc(N[C@@H](c2ccccc2)[C@@H](C)CN2CCN(C)CC2)c1=O. The van der Waals surface area contributed by atoms with Crippen LogP contribution in [0.2, 0.25) is 0 Å². The molecule has 200 valence electrons. The predicted molar refractivity (Wildman–Crippen MR) is 151 cm³/mol. The Bertz CT molecular complexity index is 1310. The van der Waals surface area contributed by atoms with Gasteiger partial charge >= 0.3 is 0 Å². The number of rotatable bonds is 9. The van der Waals surface area contributed by atoms with Crippen LogP contribution in [0.1, 0.15) is 47.3 Å². The van der Waals surface area contributed by atoms with E-state index in [1.807, 2.05) is 37.3 Å². The van der Waals surface area contributed by atoms with Crippen molar-refractivity contribution in [1.82, 2.24) is 24.7 Å². The van der Waals surface area contributed by atoms with Gasteiger partial charge in [-0.3, -0.25) is 14.2 Å². The summed E-state index contributed by atoms with van der Waals surface area (Å²) in [6.45, 7) is 9.33. The van der Waals surface area contributed by atoms with E-state index in [9.17, 15) is 9.59 Å². The monoisotopic (exact) mass is 514 g/mol. The van der Waals surface area contributed by atoms with E-state index in [2.05, 4.69) is 51.5 Å². The summed E-state index contributed by atoms with van der Waals surface area (Å²) in [5.74, 6) is 0.446. The van der Waals surface area contributed by atoms with Crippen LogP contribution < -0.4 is 16.2 Å². The van der Waals surface area contributed by atoms with Crippen LogP contribution in [0, 0.1) is 12.8 Å². The number of nitrogens with zero attached hydrogens (tertiary/aromatic N) is 4. The molecule has 1 amide bonds. The molecule has 2 fully saturated rings. The second kappa shape index (κ2) is 11.5. The standard InChI is InChI=1S/C30H38N6O2/c1-21-9-10-24(29(37)32-25-11-12-25)19-26(21)36-14-13-31-28(30(36)38)33-27(23-7-5-4-6-8-23)22(2)20-35-17-15-34(3)16-18-35/h4-10,13-14,19,22,25,27H,11-12,15-18,20H2,1-3H3,(H,31,33)(H,32,37)/t22-,27+/m0/s1. The second-order valence-corrected chi connectivity index (χ2v) is 10.8. The Balaban J connectivity index is 1.42. The van der Waals surface area contributed by atoms with Crippen molar-refractivity contribution >= 4 is 11.7 Å². The molecule has 2 heterocycles. The Hall–Kier alpha value is -3.49. The zero-order valence-electron chi connectivity index (χ0n) is 22.6. The van der Waals surface area contributed by atoms with Gasteiger partial charge < -0.3 is 20.4 Å². The Morgan fingerprint density at radius 3 is 2.53 bits per heavy atom. The number of amides is 1. The molecule has 2 atom stereocenters. The van der Waals surface area contributed by atoms with Gasteiger partial charge in [-0.05, 0) is 56.0 Å². The lowest BCUT2D eigenvalue weighted by Crippen LogP contribution is -2.46. The van der Waals surface area contributed by atoms with E-state index in [0.717, 1.165) is 56.7 Å². The van der Waals surface area contributed by atoms with E-state index in [1.165, 1.54) is 0 Å². The molecular weight excluding hydrogens is 476 g/mol. The Labute approximate surface area is 224 Å². The maximum absolute atomic E-state index is 13.7. The third-order valence-electron chi connectivity index (χ3n) is 7.65. The average molecular weight is 515 g/mol. The molecule has 8 heteroatoms. The van der Waals surface area contributed by atoms with E-state index in [-0.39, 0.29) is 29.5 Å². The van der Waals surface area contributed by atoms with E-state index in [4.69, 9.17) is 0 Å². The van der Waals surface area contributed by atoms with Gasteiger partial charge in [-0.1, -0.05) is 43.3 Å². The summed E-state index contributed by atoms with van der Waals surface area (Å²) < 4.78 is 1.59. The summed E-state index contributed by atoms with van der Waals surface area (Å²) in [4.78, 5) is 35.7. The molecule has 0 unspecified atom stereocenters. The molecule has 3 aromatic rings. The van der Waals surface area contributed by atoms with Gasteiger partial charge in [-0.15, -0.1) is 0 Å². The minimum absolute atomic E-state index is 0.0799. The summed E-state index contributed by atoms with van der Waals surface area (Å²) in [7, 11) is 2.16. The molecule has 5 rings (SSSR count). The Morgan fingerprint density at radius 1 is 1.08 bits per heavy atom. The zero-order chi connectivity index (χ0) is 26.6. The fourth-order valence-electron chi connectivity index (χ4n) is 5.11. The zero-order valence-corrected chi connectivity index (χ0v) is 22.6. The van der Waals surface area contributed by atoms with Gasteiger partial charge in [-0.25, -0.2) is 4.98 Å². The summed E-state index contributed by atoms with van der Waals surface area (Å²) in [6, 6.07) is 16.0. The first kappa shape index (κ1) is 26.1. The molecule has 8 nitrogen and oxygen atoms in total. The lowest BCUT2D eigenvalue weighted by Gasteiger charge is -2.36. The predicted octanol–water partition coefficient (Wildman–Crippen LogP) is 3.47. The molecule has 1 aliphatic heterocycles. The number of likely N-dealkylation sites (N-methyl/N-ethyl adjacent to an activating group) is 1. The maximum Gasteiger partial charge on any atom is 0.297 e. The fourth-order valence-corrected chi connectivity index (χ4v) is 5.11. The van der Waals surface area contributed by atoms with Gasteiger partial charge in [0.15, 0.2) is 5.82 Å². The number of piperazine rings is 1. The second-order valence-electron chi connectivity index (χ2n) is 10.8. The molecular formula is C30H38N6O2. The summed E-state index contributed by atoms with van der Waals surface area (Å²) >= 11 is 0. The molecule has 0 spiro atoms. The third kappa shape index (κ3) is 6.14. The number of benzene rings is 2. The molecule has 0 bridgehead atoms. The normalized spacial score (nSPS) is 18.1. The smallest absolute Gasteiger partial charge is 0.297 e. The van der Waals surface area contributed by atoms with Crippen molar-refractivity contribution in [3.05, 3.63) is 88.0 Å². The van der Waals surface area contributed by atoms with Crippen molar-refractivity contribution < 1.29 is 4.79 Å². The number of aromatic nitrogens is 2. The van der Waals surface area contributed by atoms with Gasteiger partial charge in [-0.2, -0.15) is 0 Å². The van der Waals surface area contributed by atoms with Crippen LogP contribution in [0.4, 0.5) is 5.82 Å². The number of carbonyl (C=O) groups excluding carboxylic acids is 1. The van der Waals surface area contributed by atoms with Crippen LogP contribution in [0.5, 0.6) is 0 Å². The number of anilines is 1. The number of aryl methyl sites for hydroxylation is 1. The molecule has 1 saturated carbocycles. The topological polar surface area (TPSA) is 82.5 Å². The summed E-state index contributed by atoms with van der Waals surface area (Å²) in [5, 5.41) is 6.53. The van der Waals surface area contributed by atoms with Crippen LogP contribution in [0.25, 0.3) is 5.69 Å². The third-order valence-corrected chi connectivity index (χ3v) is 7.65. The van der Waals surface area contributed by atoms with Crippen LogP contribution in [0.3, 0.4) is 0 Å². The van der Waals surface area contributed by atoms with Crippen molar-refractivity contribution in [2.45, 2.75) is 38.8 Å². The van der Waals surface area contributed by atoms with Crippen LogP contribution in [-0.2, 0) is 0 Å². The molecule has 2 aliphatic rings. The highest BCUT2D eigenvalue weighted by Gasteiger charge is 2.26. The van der Waals surface area contributed by atoms with Gasteiger partial charge in [0.2, 0.25) is 0 Å². The van der Waals surface area contributed by atoms with Gasteiger partial charge in [0.05, 0.1) is 11.7 Å². The first-order valence-corrected chi connectivity index (χ1v) is 13.6. The highest BCUT2D eigenvalue weighted by atomic mass is 16.2. The summed E-state index contributed by atoms with van der Waals surface area (Å²) in [6.07, 6.45) is 5.37. The minimum atomic E-state index is -0.233. The first-order valence-electron chi connectivity index (χ1n) is 13.6. The van der Waals surface area contributed by atoms with Crippen molar-refractivity contribution in [3.8, 4) is 5.69 Å². The van der Waals surface area contributed by atoms with Gasteiger partial charge in [0, 0.05) is 56.7 Å². The molecule has 0 radical (unpaired) electrons. The molecule has 1 aromatic heterocycles. The number of hydrogen-bond acceptors (Lipinski definition) is 6. The van der Waals surface area contributed by atoms with Crippen LogP contribution in [0.15, 0.2) is 65.7 Å². The van der Waals surface area contributed by atoms with Gasteiger partial charge in [0.25, 0.3) is 11.5 Å². The summed E-state index contributed by atoms with van der Waals surface area (Å²) in [5.41, 5.74) is 3.04. The van der Waals surface area contributed by atoms with Crippen molar-refractivity contribution in [1.29, 1.82) is 0 Å². The van der Waals surface area contributed by atoms with Crippen molar-refractivity contribution in [2.75, 3.05) is 45.1 Å². The van der Waals surface area contributed by atoms with Crippen LogP contribution in [-0.4, -0.2) is 71.1 Å². The number of hydrogen-bond donors (Lipinski definition) is 2. The molecule has 1 saturated heterocycles. The lowest BCUT2D eigenvalue weighted by atomic mass is 9.93. The fraction of sp³-hybridized carbons (Fsp3) is 0.433. The van der Waals surface area contributed by atoms with E-state index >= 15 is 0 Å². The van der Waals surface area contributed by atoms with E-state index < -0.39 is 0 Å². The van der Waals surface area contributed by atoms with Crippen molar-refractivity contribution in [3.63, 3.8) is 0 Å². The lowest BCUT2D eigenvalue weighted by molar-refractivity contribution is 0.0951. The highest BCUT2D eigenvalue weighted by molar-refractivity contribution is 5.95.